The zero-order valence-corrected chi connectivity index (χ0v) is 9.10. The van der Waals surface area contributed by atoms with Crippen molar-refractivity contribution in [3.63, 3.8) is 0 Å². The zero-order chi connectivity index (χ0) is 10.1. The van der Waals surface area contributed by atoms with E-state index in [-0.39, 0.29) is 5.05 Å². The number of aliphatic hydroxyl groups is 1. The highest BCUT2D eigenvalue weighted by Gasteiger charge is 2.03. The predicted molar refractivity (Wildman–Crippen MR) is 56.0 cm³/mol. The van der Waals surface area contributed by atoms with Gasteiger partial charge in [-0.2, -0.15) is 0 Å². The van der Waals surface area contributed by atoms with Gasteiger partial charge in [-0.3, -0.25) is 0 Å². The third-order valence-corrected chi connectivity index (χ3v) is 1.91. The highest BCUT2D eigenvalue weighted by Crippen LogP contribution is 1.92. The third kappa shape index (κ3) is 8.15. The minimum absolute atomic E-state index is 0.235. The van der Waals surface area contributed by atoms with Gasteiger partial charge in [0.2, 0.25) is 0 Å². The number of thiocarbonyl (C=S) groups is 1. The summed E-state index contributed by atoms with van der Waals surface area (Å²) in [6.45, 7) is 5.42. The smallest absolute Gasteiger partial charge is 0.188 e. The lowest BCUT2D eigenvalue weighted by Crippen LogP contribution is -2.19. The van der Waals surface area contributed by atoms with Crippen LogP contribution in [0.25, 0.3) is 0 Å². The molecule has 1 N–H and O–H groups in total. The maximum atomic E-state index is 8.95. The molecule has 0 fully saturated rings. The normalized spacial score (nSPS) is 12.5. The molecule has 0 spiro atoms. The molecule has 78 valence electrons. The largest absolute Gasteiger partial charge is 0.482 e. The molecule has 0 rings (SSSR count). The van der Waals surface area contributed by atoms with Crippen molar-refractivity contribution >= 4 is 17.3 Å². The number of ether oxygens (including phenoxy) is 2. The summed E-state index contributed by atoms with van der Waals surface area (Å²) in [5.41, 5.74) is 0. The number of hydrogen-bond donors (Lipinski definition) is 1. The van der Waals surface area contributed by atoms with E-state index >= 15 is 0 Å². The first-order valence-corrected chi connectivity index (χ1v) is 5.01. The fraction of sp³-hybridized carbons (Fsp3) is 0.889. The molecule has 3 nitrogen and oxygen atoms in total. The molecule has 0 aromatic rings. The molecule has 0 aromatic carbocycles. The van der Waals surface area contributed by atoms with E-state index in [1.165, 1.54) is 0 Å². The number of unbranched alkanes of at least 4 members (excludes halogenated alkanes) is 1. The molecule has 0 amide bonds. The zero-order valence-electron chi connectivity index (χ0n) is 8.28. The van der Waals surface area contributed by atoms with E-state index in [0.29, 0.717) is 13.2 Å². The fourth-order valence-electron chi connectivity index (χ4n) is 0.670. The summed E-state index contributed by atoms with van der Waals surface area (Å²) in [5, 5.41) is 9.19. The Morgan fingerprint density at radius 1 is 1.38 bits per heavy atom. The summed E-state index contributed by atoms with van der Waals surface area (Å²) < 4.78 is 10.3. The van der Waals surface area contributed by atoms with Crippen LogP contribution in [0.3, 0.4) is 0 Å². The van der Waals surface area contributed by atoms with Crippen molar-refractivity contribution in [2.75, 3.05) is 19.8 Å². The Morgan fingerprint density at radius 2 is 2.08 bits per heavy atom. The molecule has 13 heavy (non-hydrogen) atoms. The standard InChI is InChI=1S/C9H18O3S/c1-3-4-5-11-6-7-12-9(13)8(2)10/h8,10H,3-7H2,1-2H3. The van der Waals surface area contributed by atoms with E-state index in [2.05, 4.69) is 6.92 Å². The van der Waals surface area contributed by atoms with Crippen LogP contribution in [-0.4, -0.2) is 36.1 Å². The summed E-state index contributed by atoms with van der Waals surface area (Å²) in [6, 6.07) is 0. The van der Waals surface area contributed by atoms with Crippen molar-refractivity contribution in [2.45, 2.75) is 32.8 Å². The van der Waals surface area contributed by atoms with Gasteiger partial charge in [-0.15, -0.1) is 0 Å². The number of hydrogen-bond acceptors (Lipinski definition) is 4. The molecule has 1 atom stereocenters. The Hall–Kier alpha value is -0.190. The van der Waals surface area contributed by atoms with E-state index in [1.807, 2.05) is 0 Å². The number of rotatable bonds is 7. The van der Waals surface area contributed by atoms with Crippen LogP contribution in [0.2, 0.25) is 0 Å². The molecule has 0 aliphatic rings. The summed E-state index contributed by atoms with van der Waals surface area (Å²) in [6.07, 6.45) is 1.53. The number of aliphatic hydroxyl groups excluding tert-OH is 1. The lowest BCUT2D eigenvalue weighted by Gasteiger charge is -2.09. The molecule has 0 aliphatic carbocycles. The average molecular weight is 206 g/mol. The first kappa shape index (κ1) is 12.8. The Morgan fingerprint density at radius 3 is 2.62 bits per heavy atom. The highest BCUT2D eigenvalue weighted by atomic mass is 32.1. The van der Waals surface area contributed by atoms with Crippen molar-refractivity contribution in [3.05, 3.63) is 0 Å². The van der Waals surface area contributed by atoms with Gasteiger partial charge in [-0.1, -0.05) is 13.3 Å². The van der Waals surface area contributed by atoms with Gasteiger partial charge >= 0.3 is 0 Å². The predicted octanol–water partition coefficient (Wildman–Crippen LogP) is 1.53. The van der Waals surface area contributed by atoms with Crippen LogP contribution in [0.5, 0.6) is 0 Å². The van der Waals surface area contributed by atoms with Crippen LogP contribution < -0.4 is 0 Å². The molecule has 1 unspecified atom stereocenters. The second kappa shape index (κ2) is 8.41. The van der Waals surface area contributed by atoms with E-state index in [4.69, 9.17) is 26.8 Å². The molecule has 0 aliphatic heterocycles. The Balaban J connectivity index is 3.12. The summed E-state index contributed by atoms with van der Waals surface area (Å²) >= 11 is 4.75. The highest BCUT2D eigenvalue weighted by molar-refractivity contribution is 7.80. The quantitative estimate of drug-likeness (QED) is 0.506. The SMILES string of the molecule is CCCCOCCOC(=S)C(C)O. The van der Waals surface area contributed by atoms with E-state index < -0.39 is 6.10 Å². The monoisotopic (exact) mass is 206 g/mol. The van der Waals surface area contributed by atoms with Crippen LogP contribution in [-0.2, 0) is 9.47 Å². The van der Waals surface area contributed by atoms with Gasteiger partial charge < -0.3 is 14.6 Å². The van der Waals surface area contributed by atoms with Gasteiger partial charge in [0.25, 0.3) is 0 Å². The topological polar surface area (TPSA) is 38.7 Å². The fourth-order valence-corrected chi connectivity index (χ4v) is 0.754. The molecule has 0 heterocycles. The van der Waals surface area contributed by atoms with E-state index in [1.54, 1.807) is 6.92 Å². The molecule has 0 bridgehead atoms. The molecule has 0 aromatic heterocycles. The average Bonchev–Trinajstić information content (AvgIpc) is 2.10. The second-order valence-electron chi connectivity index (χ2n) is 2.81. The Bertz CT molecular complexity index is 137. The van der Waals surface area contributed by atoms with Gasteiger partial charge in [-0.25, -0.2) is 0 Å². The van der Waals surface area contributed by atoms with Gasteiger partial charge in [0.05, 0.1) is 6.61 Å². The van der Waals surface area contributed by atoms with Crippen LogP contribution in [0, 0.1) is 0 Å². The van der Waals surface area contributed by atoms with E-state index in [9.17, 15) is 0 Å². The molecule has 0 saturated carbocycles. The van der Waals surface area contributed by atoms with Gasteiger partial charge in [-0.05, 0) is 25.6 Å². The minimum Gasteiger partial charge on any atom is -0.482 e. The summed E-state index contributed by atoms with van der Waals surface area (Å²) in [7, 11) is 0. The first-order chi connectivity index (χ1) is 6.18. The van der Waals surface area contributed by atoms with Crippen LogP contribution in [0.15, 0.2) is 0 Å². The van der Waals surface area contributed by atoms with E-state index in [0.717, 1.165) is 19.4 Å². The molecular formula is C9H18O3S. The molecule has 4 heteroatoms. The van der Waals surface area contributed by atoms with Crippen LogP contribution >= 0.6 is 12.2 Å². The van der Waals surface area contributed by atoms with Gasteiger partial charge in [0.15, 0.2) is 5.05 Å². The lowest BCUT2D eigenvalue weighted by molar-refractivity contribution is 0.0892. The molecular weight excluding hydrogens is 188 g/mol. The van der Waals surface area contributed by atoms with Crippen LogP contribution in [0.4, 0.5) is 0 Å². The minimum atomic E-state index is -0.675. The maximum absolute atomic E-state index is 8.95. The van der Waals surface area contributed by atoms with Gasteiger partial charge in [0, 0.05) is 6.61 Å². The van der Waals surface area contributed by atoms with Crippen molar-refractivity contribution in [1.82, 2.24) is 0 Å². The molecule has 0 saturated heterocycles. The second-order valence-corrected chi connectivity index (χ2v) is 3.21. The summed E-state index contributed by atoms with van der Waals surface area (Å²) in [4.78, 5) is 0. The Labute approximate surface area is 85.0 Å². The lowest BCUT2D eigenvalue weighted by atomic mass is 10.4. The molecule has 0 radical (unpaired) electrons. The third-order valence-electron chi connectivity index (χ3n) is 1.46. The van der Waals surface area contributed by atoms with Crippen LogP contribution in [0.1, 0.15) is 26.7 Å². The van der Waals surface area contributed by atoms with Crippen molar-refractivity contribution < 1.29 is 14.6 Å². The van der Waals surface area contributed by atoms with Crippen molar-refractivity contribution in [2.24, 2.45) is 0 Å². The summed E-state index contributed by atoms with van der Waals surface area (Å²) in [5.74, 6) is 0. The first-order valence-electron chi connectivity index (χ1n) is 4.61. The van der Waals surface area contributed by atoms with Gasteiger partial charge in [0.1, 0.15) is 12.7 Å². The Kier molecular flexibility index (Phi) is 8.29. The maximum Gasteiger partial charge on any atom is 0.188 e. The van der Waals surface area contributed by atoms with Crippen molar-refractivity contribution in [3.8, 4) is 0 Å². The van der Waals surface area contributed by atoms with Crippen molar-refractivity contribution in [1.29, 1.82) is 0 Å².